The van der Waals surface area contributed by atoms with Crippen LogP contribution in [0.1, 0.15) is 5.56 Å². The van der Waals surface area contributed by atoms with Crippen LogP contribution in [-0.4, -0.2) is 37.3 Å². The van der Waals surface area contributed by atoms with Crippen LogP contribution in [0.15, 0.2) is 48.0 Å². The molecule has 0 unspecified atom stereocenters. The Labute approximate surface area is 136 Å². The molecule has 1 aliphatic heterocycles. The molecule has 5 nitrogen and oxygen atoms in total. The summed E-state index contributed by atoms with van der Waals surface area (Å²) in [4.78, 5) is 19.8. The Balaban J connectivity index is 1.67. The van der Waals surface area contributed by atoms with E-state index in [4.69, 9.17) is 0 Å². The first-order chi connectivity index (χ1) is 11.4. The van der Waals surface area contributed by atoms with Crippen molar-refractivity contribution in [2.45, 2.75) is 0 Å². The first-order valence-corrected chi connectivity index (χ1v) is 8.45. The maximum atomic E-state index is 4.58. The van der Waals surface area contributed by atoms with E-state index < -0.39 is 0 Å². The number of aromatic nitrogens is 4. The molecule has 3 aromatic heterocycles. The number of hydrogen-bond acceptors (Lipinski definition) is 4. The Hall–Kier alpha value is -2.60. The second kappa shape index (κ2) is 4.96. The van der Waals surface area contributed by atoms with E-state index in [0.29, 0.717) is 0 Å². The van der Waals surface area contributed by atoms with Crippen molar-refractivity contribution in [3.63, 3.8) is 0 Å². The van der Waals surface area contributed by atoms with E-state index in [1.165, 1.54) is 0 Å². The van der Waals surface area contributed by atoms with Crippen LogP contribution in [0.5, 0.6) is 0 Å². The van der Waals surface area contributed by atoms with Gasteiger partial charge in [-0.3, -0.25) is 4.99 Å². The van der Waals surface area contributed by atoms with Gasteiger partial charge < -0.3 is 9.97 Å². The Morgan fingerprint density at radius 2 is 2.04 bits per heavy atom. The van der Waals surface area contributed by atoms with Gasteiger partial charge >= 0.3 is 0 Å². The van der Waals surface area contributed by atoms with Gasteiger partial charge in [0.25, 0.3) is 0 Å². The Morgan fingerprint density at radius 3 is 2.96 bits per heavy atom. The van der Waals surface area contributed by atoms with Gasteiger partial charge in [-0.25, -0.2) is 9.97 Å². The maximum absolute atomic E-state index is 4.58. The number of hydrogen-bond donors (Lipinski definition) is 2. The molecule has 1 aromatic carbocycles. The number of pyridine rings is 1. The number of imidazole rings is 1. The van der Waals surface area contributed by atoms with Crippen LogP contribution in [0.2, 0.25) is 0 Å². The summed E-state index contributed by atoms with van der Waals surface area (Å²) in [6.45, 7) is 0.899. The predicted octanol–water partition coefficient (Wildman–Crippen LogP) is 3.60. The SMILES string of the molecule is c1nc2ccc(-c3cnc4[nH]cc(C5=NCCS5)c4c3)cc2[nH]1. The summed E-state index contributed by atoms with van der Waals surface area (Å²) in [6, 6.07) is 8.41. The van der Waals surface area contributed by atoms with Crippen LogP contribution in [0.4, 0.5) is 0 Å². The molecule has 0 spiro atoms. The van der Waals surface area contributed by atoms with Crippen LogP contribution in [-0.2, 0) is 0 Å². The van der Waals surface area contributed by atoms with Crippen molar-refractivity contribution < 1.29 is 0 Å². The van der Waals surface area contributed by atoms with Crippen molar-refractivity contribution >= 4 is 38.9 Å². The molecular formula is C17H13N5S. The lowest BCUT2D eigenvalue weighted by Gasteiger charge is -2.03. The molecule has 1 aliphatic rings. The molecule has 0 saturated carbocycles. The monoisotopic (exact) mass is 319 g/mol. The fourth-order valence-electron chi connectivity index (χ4n) is 2.95. The smallest absolute Gasteiger partial charge is 0.137 e. The third kappa shape index (κ3) is 2.06. The number of H-pyrrole nitrogens is 2. The minimum absolute atomic E-state index is 0.899. The Bertz CT molecular complexity index is 1060. The van der Waals surface area contributed by atoms with E-state index >= 15 is 0 Å². The predicted molar refractivity (Wildman–Crippen MR) is 95.0 cm³/mol. The Morgan fingerprint density at radius 1 is 1.04 bits per heavy atom. The molecule has 4 aromatic rings. The van der Waals surface area contributed by atoms with Crippen molar-refractivity contribution in [2.24, 2.45) is 4.99 Å². The van der Waals surface area contributed by atoms with Crippen LogP contribution in [0.25, 0.3) is 33.2 Å². The average Bonchev–Trinajstić information content (AvgIpc) is 3.32. The number of nitrogens with one attached hydrogen (secondary N) is 2. The molecule has 6 heteroatoms. The van der Waals surface area contributed by atoms with Gasteiger partial charge in [0.15, 0.2) is 0 Å². The van der Waals surface area contributed by atoms with E-state index in [2.05, 4.69) is 43.1 Å². The van der Waals surface area contributed by atoms with E-state index in [-0.39, 0.29) is 0 Å². The van der Waals surface area contributed by atoms with Gasteiger partial charge in [-0.05, 0) is 23.8 Å². The third-order valence-electron chi connectivity index (χ3n) is 4.10. The molecule has 0 saturated heterocycles. The molecule has 5 rings (SSSR count). The number of rotatable bonds is 2. The summed E-state index contributed by atoms with van der Waals surface area (Å²) < 4.78 is 0. The highest BCUT2D eigenvalue weighted by Gasteiger charge is 2.15. The van der Waals surface area contributed by atoms with Crippen LogP contribution >= 0.6 is 11.8 Å². The summed E-state index contributed by atoms with van der Waals surface area (Å²) >= 11 is 1.81. The van der Waals surface area contributed by atoms with Crippen LogP contribution in [0.3, 0.4) is 0 Å². The van der Waals surface area contributed by atoms with Gasteiger partial charge in [-0.1, -0.05) is 6.07 Å². The number of aromatic amines is 2. The van der Waals surface area contributed by atoms with Gasteiger partial charge in [0, 0.05) is 41.2 Å². The summed E-state index contributed by atoms with van der Waals surface area (Å²) in [7, 11) is 0. The van der Waals surface area contributed by atoms with Crippen molar-refractivity contribution in [2.75, 3.05) is 12.3 Å². The fraction of sp³-hybridized carbons (Fsp3) is 0.118. The van der Waals surface area contributed by atoms with E-state index in [0.717, 1.165) is 56.1 Å². The number of thioether (sulfide) groups is 1. The average molecular weight is 319 g/mol. The zero-order valence-corrected chi connectivity index (χ0v) is 13.0. The highest BCUT2D eigenvalue weighted by molar-refractivity contribution is 8.14. The minimum atomic E-state index is 0.899. The number of nitrogens with zero attached hydrogens (tertiary/aromatic N) is 3. The first kappa shape index (κ1) is 12.9. The second-order valence-corrected chi connectivity index (χ2v) is 6.58. The minimum Gasteiger partial charge on any atom is -0.345 e. The van der Waals surface area contributed by atoms with E-state index in [1.54, 1.807) is 6.33 Å². The summed E-state index contributed by atoms with van der Waals surface area (Å²) in [6.07, 6.45) is 5.63. The molecule has 0 aliphatic carbocycles. The van der Waals surface area contributed by atoms with Gasteiger partial charge in [0.2, 0.25) is 0 Å². The molecule has 0 fully saturated rings. The summed E-state index contributed by atoms with van der Waals surface area (Å²) in [5, 5.41) is 2.24. The van der Waals surface area contributed by atoms with Crippen molar-refractivity contribution in [3.8, 4) is 11.1 Å². The molecule has 112 valence electrons. The molecule has 2 N–H and O–H groups in total. The van der Waals surface area contributed by atoms with E-state index in [1.807, 2.05) is 30.2 Å². The lowest BCUT2D eigenvalue weighted by Crippen LogP contribution is -1.90. The van der Waals surface area contributed by atoms with Crippen LogP contribution < -0.4 is 0 Å². The first-order valence-electron chi connectivity index (χ1n) is 7.47. The lowest BCUT2D eigenvalue weighted by molar-refractivity contribution is 1.18. The van der Waals surface area contributed by atoms with Crippen molar-refractivity contribution in [1.29, 1.82) is 0 Å². The zero-order valence-electron chi connectivity index (χ0n) is 12.2. The zero-order chi connectivity index (χ0) is 15.2. The molecule has 23 heavy (non-hydrogen) atoms. The standard InChI is InChI=1S/C17H13N5S/c1-2-14-15(22-9-21-14)6-10(1)11-5-12-13(17-18-3-4-23-17)8-20-16(12)19-7-11/h1-2,5-9H,3-4H2,(H,19,20)(H,21,22). The third-order valence-corrected chi connectivity index (χ3v) is 5.11. The van der Waals surface area contributed by atoms with Gasteiger partial charge in [0.05, 0.1) is 22.4 Å². The number of fused-ring (bicyclic) bond motifs is 2. The largest absolute Gasteiger partial charge is 0.345 e. The highest BCUT2D eigenvalue weighted by atomic mass is 32.2. The topological polar surface area (TPSA) is 69.7 Å². The molecule has 0 bridgehead atoms. The number of benzene rings is 1. The van der Waals surface area contributed by atoms with Crippen LogP contribution in [0, 0.1) is 0 Å². The summed E-state index contributed by atoms with van der Waals surface area (Å²) in [5.74, 6) is 1.06. The molecular weight excluding hydrogens is 306 g/mol. The second-order valence-electron chi connectivity index (χ2n) is 5.49. The molecule has 0 radical (unpaired) electrons. The Kier molecular flexibility index (Phi) is 2.78. The summed E-state index contributed by atoms with van der Waals surface area (Å²) in [5.41, 5.74) is 6.29. The van der Waals surface area contributed by atoms with Crippen molar-refractivity contribution in [3.05, 3.63) is 48.5 Å². The quantitative estimate of drug-likeness (QED) is 0.593. The van der Waals surface area contributed by atoms with Gasteiger partial charge in [-0.2, -0.15) is 0 Å². The molecule has 4 heterocycles. The highest BCUT2D eigenvalue weighted by Crippen LogP contribution is 2.29. The van der Waals surface area contributed by atoms with Crippen molar-refractivity contribution in [1.82, 2.24) is 19.9 Å². The normalized spacial score (nSPS) is 14.7. The molecule has 0 amide bonds. The number of aliphatic imine (C=N–C) groups is 1. The van der Waals surface area contributed by atoms with E-state index in [9.17, 15) is 0 Å². The maximum Gasteiger partial charge on any atom is 0.137 e. The fourth-order valence-corrected chi connectivity index (χ4v) is 3.83. The van der Waals surface area contributed by atoms with Gasteiger partial charge in [0.1, 0.15) is 5.65 Å². The van der Waals surface area contributed by atoms with Gasteiger partial charge in [-0.15, -0.1) is 11.8 Å². The lowest BCUT2D eigenvalue weighted by atomic mass is 10.1. The molecule has 0 atom stereocenters.